The van der Waals surface area contributed by atoms with Crippen molar-refractivity contribution in [2.45, 2.75) is 0 Å². The summed E-state index contributed by atoms with van der Waals surface area (Å²) < 4.78 is 0. The SMILES string of the molecule is Nc1ccc(C=C=Cc2ccc([N+](=O)[O-])cc2)cc1. The molecule has 0 aliphatic carbocycles. The normalized spacial score (nSPS) is 9.47. The Balaban J connectivity index is 2.13. The predicted molar refractivity (Wildman–Crippen MR) is 76.4 cm³/mol. The molecule has 0 radical (unpaired) electrons. The molecule has 94 valence electrons. The van der Waals surface area contributed by atoms with Gasteiger partial charge >= 0.3 is 0 Å². The summed E-state index contributed by atoms with van der Waals surface area (Å²) in [6, 6.07) is 13.7. The fourth-order valence-corrected chi connectivity index (χ4v) is 1.52. The van der Waals surface area contributed by atoms with Crippen molar-refractivity contribution >= 4 is 23.5 Å². The molecule has 2 rings (SSSR count). The lowest BCUT2D eigenvalue weighted by Gasteiger charge is -1.93. The lowest BCUT2D eigenvalue weighted by atomic mass is 10.2. The zero-order valence-electron chi connectivity index (χ0n) is 10.1. The van der Waals surface area contributed by atoms with Crippen molar-refractivity contribution in [1.29, 1.82) is 0 Å². The molecule has 0 atom stereocenters. The number of hydrogen-bond donors (Lipinski definition) is 1. The first-order chi connectivity index (χ1) is 9.15. The second kappa shape index (κ2) is 5.67. The van der Waals surface area contributed by atoms with Gasteiger partial charge in [-0.2, -0.15) is 0 Å². The minimum atomic E-state index is -0.419. The second-order valence-electron chi connectivity index (χ2n) is 3.97. The van der Waals surface area contributed by atoms with Gasteiger partial charge in [-0.15, -0.1) is 5.73 Å². The lowest BCUT2D eigenvalue weighted by molar-refractivity contribution is -0.384. The Morgan fingerprint density at radius 2 is 1.42 bits per heavy atom. The molecule has 0 unspecified atom stereocenters. The van der Waals surface area contributed by atoms with Crippen molar-refractivity contribution in [3.8, 4) is 0 Å². The van der Waals surface area contributed by atoms with Crippen LogP contribution in [0.15, 0.2) is 54.3 Å². The number of benzene rings is 2. The first-order valence-electron chi connectivity index (χ1n) is 5.67. The summed E-state index contributed by atoms with van der Waals surface area (Å²) >= 11 is 0. The number of nitrogens with two attached hydrogens (primary N) is 1. The quantitative estimate of drug-likeness (QED) is 0.393. The lowest BCUT2D eigenvalue weighted by Crippen LogP contribution is -1.86. The fourth-order valence-electron chi connectivity index (χ4n) is 1.52. The van der Waals surface area contributed by atoms with Gasteiger partial charge in [-0.1, -0.05) is 12.1 Å². The standard InChI is InChI=1S/C15H12N2O2/c16-14-8-4-12(5-9-14)2-1-3-13-6-10-15(11-7-13)17(18)19/h2-11H,16H2. The Kier molecular flexibility index (Phi) is 3.76. The molecule has 0 saturated carbocycles. The third-order valence-electron chi connectivity index (χ3n) is 2.54. The largest absolute Gasteiger partial charge is 0.399 e. The second-order valence-corrected chi connectivity index (χ2v) is 3.97. The van der Waals surface area contributed by atoms with Crippen LogP contribution in [0.25, 0.3) is 12.2 Å². The van der Waals surface area contributed by atoms with Gasteiger partial charge in [0.2, 0.25) is 0 Å². The zero-order valence-corrected chi connectivity index (χ0v) is 10.1. The summed E-state index contributed by atoms with van der Waals surface area (Å²) in [6.07, 6.45) is 3.58. The van der Waals surface area contributed by atoms with Crippen LogP contribution in [0.1, 0.15) is 11.1 Å². The van der Waals surface area contributed by atoms with Crippen molar-refractivity contribution in [2.24, 2.45) is 0 Å². The number of nitro benzene ring substituents is 1. The van der Waals surface area contributed by atoms with E-state index in [1.165, 1.54) is 12.1 Å². The Hall–Kier alpha value is -2.84. The molecule has 0 bridgehead atoms. The molecule has 0 saturated heterocycles. The zero-order chi connectivity index (χ0) is 13.7. The Labute approximate surface area is 110 Å². The predicted octanol–water partition coefficient (Wildman–Crippen LogP) is 3.50. The molecule has 19 heavy (non-hydrogen) atoms. The maximum absolute atomic E-state index is 10.5. The number of nitro groups is 1. The van der Waals surface area contributed by atoms with Gasteiger partial charge in [0.25, 0.3) is 5.69 Å². The first kappa shape index (κ1) is 12.6. The number of nitrogens with zero attached hydrogens (tertiary/aromatic N) is 1. The number of nitrogen functional groups attached to an aromatic ring is 1. The van der Waals surface area contributed by atoms with Crippen LogP contribution in [-0.2, 0) is 0 Å². The molecule has 2 N–H and O–H groups in total. The minimum absolute atomic E-state index is 0.0830. The molecule has 0 amide bonds. The van der Waals surface area contributed by atoms with Crippen LogP contribution < -0.4 is 5.73 Å². The van der Waals surface area contributed by atoms with E-state index in [4.69, 9.17) is 5.73 Å². The van der Waals surface area contributed by atoms with Crippen LogP contribution in [0.4, 0.5) is 11.4 Å². The molecule has 0 aliphatic rings. The monoisotopic (exact) mass is 252 g/mol. The third kappa shape index (κ3) is 3.56. The summed E-state index contributed by atoms with van der Waals surface area (Å²) in [6.45, 7) is 0. The number of non-ortho nitro benzene ring substituents is 1. The van der Waals surface area contributed by atoms with Crippen molar-refractivity contribution < 1.29 is 4.92 Å². The van der Waals surface area contributed by atoms with E-state index in [-0.39, 0.29) is 5.69 Å². The molecule has 4 heteroatoms. The molecule has 2 aromatic carbocycles. The van der Waals surface area contributed by atoms with Gasteiger partial charge in [-0.05, 0) is 47.5 Å². The highest BCUT2D eigenvalue weighted by Gasteiger charge is 2.01. The summed E-state index contributed by atoms with van der Waals surface area (Å²) in [5.74, 6) is 0. The Morgan fingerprint density at radius 1 is 0.947 bits per heavy atom. The highest BCUT2D eigenvalue weighted by atomic mass is 16.6. The van der Waals surface area contributed by atoms with E-state index in [1.807, 2.05) is 30.3 Å². The average Bonchev–Trinajstić information content (AvgIpc) is 2.41. The van der Waals surface area contributed by atoms with E-state index < -0.39 is 4.92 Å². The minimum Gasteiger partial charge on any atom is -0.399 e. The van der Waals surface area contributed by atoms with Gasteiger partial charge in [-0.3, -0.25) is 10.1 Å². The molecule has 0 heterocycles. The van der Waals surface area contributed by atoms with Crippen molar-refractivity contribution in [2.75, 3.05) is 5.73 Å². The van der Waals surface area contributed by atoms with Gasteiger partial charge in [0, 0.05) is 17.8 Å². The number of anilines is 1. The fraction of sp³-hybridized carbons (Fsp3) is 0. The highest BCUT2D eigenvalue weighted by molar-refractivity contribution is 5.59. The van der Waals surface area contributed by atoms with Gasteiger partial charge in [0.1, 0.15) is 0 Å². The van der Waals surface area contributed by atoms with E-state index in [9.17, 15) is 10.1 Å². The van der Waals surface area contributed by atoms with Gasteiger partial charge in [-0.25, -0.2) is 0 Å². The molecule has 0 aromatic heterocycles. The van der Waals surface area contributed by atoms with Gasteiger partial charge in [0.15, 0.2) is 0 Å². The topological polar surface area (TPSA) is 69.2 Å². The smallest absolute Gasteiger partial charge is 0.269 e. The molecular weight excluding hydrogens is 240 g/mol. The Morgan fingerprint density at radius 3 is 1.89 bits per heavy atom. The summed E-state index contributed by atoms with van der Waals surface area (Å²) in [5, 5.41) is 10.5. The third-order valence-corrected chi connectivity index (χ3v) is 2.54. The van der Waals surface area contributed by atoms with Crippen LogP contribution in [-0.4, -0.2) is 4.92 Å². The van der Waals surface area contributed by atoms with Crippen molar-refractivity contribution in [1.82, 2.24) is 0 Å². The van der Waals surface area contributed by atoms with Crippen LogP contribution in [0.2, 0.25) is 0 Å². The Bertz CT molecular complexity index is 637. The van der Waals surface area contributed by atoms with E-state index in [0.717, 1.165) is 16.8 Å². The van der Waals surface area contributed by atoms with E-state index >= 15 is 0 Å². The first-order valence-corrected chi connectivity index (χ1v) is 5.67. The summed E-state index contributed by atoms with van der Waals surface area (Å²) in [7, 11) is 0. The van der Waals surface area contributed by atoms with E-state index in [0.29, 0.717) is 0 Å². The average molecular weight is 252 g/mol. The molecule has 2 aromatic rings. The summed E-state index contributed by atoms with van der Waals surface area (Å²) in [4.78, 5) is 10.1. The van der Waals surface area contributed by atoms with Crippen LogP contribution in [0, 0.1) is 10.1 Å². The molecule has 4 nitrogen and oxygen atoms in total. The van der Waals surface area contributed by atoms with Gasteiger partial charge < -0.3 is 5.73 Å². The number of hydrogen-bond acceptors (Lipinski definition) is 3. The van der Waals surface area contributed by atoms with Crippen molar-refractivity contribution in [3.05, 3.63) is 75.5 Å². The van der Waals surface area contributed by atoms with Crippen molar-refractivity contribution in [3.63, 3.8) is 0 Å². The van der Waals surface area contributed by atoms with Crippen LogP contribution >= 0.6 is 0 Å². The molecular formula is C15H12N2O2. The molecule has 0 fully saturated rings. The molecule has 0 aliphatic heterocycles. The number of rotatable bonds is 3. The van der Waals surface area contributed by atoms with E-state index in [1.54, 1.807) is 18.2 Å². The highest BCUT2D eigenvalue weighted by Crippen LogP contribution is 2.13. The van der Waals surface area contributed by atoms with Crippen LogP contribution in [0.5, 0.6) is 0 Å². The van der Waals surface area contributed by atoms with Gasteiger partial charge in [0.05, 0.1) is 4.92 Å². The van der Waals surface area contributed by atoms with E-state index in [2.05, 4.69) is 5.73 Å². The summed E-state index contributed by atoms with van der Waals surface area (Å²) in [5.41, 5.74) is 11.3. The maximum atomic E-state index is 10.5. The maximum Gasteiger partial charge on any atom is 0.269 e. The molecule has 0 spiro atoms. The van der Waals surface area contributed by atoms with Crippen LogP contribution in [0.3, 0.4) is 0 Å².